The SMILES string of the molecule is C=C(CC(=O)N[C@@H](C)C(=O)OC)[C@H](C)[C@@H](O)/C(C)=C/C(C)=C/C(C)(C)C. The summed E-state index contributed by atoms with van der Waals surface area (Å²) in [5.74, 6) is -1.11. The lowest BCUT2D eigenvalue weighted by molar-refractivity contribution is -0.144. The molecule has 5 heteroatoms. The summed E-state index contributed by atoms with van der Waals surface area (Å²) in [5, 5.41) is 13.1. The summed E-state index contributed by atoms with van der Waals surface area (Å²) in [6, 6.07) is -0.715. The zero-order valence-corrected chi connectivity index (χ0v) is 17.5. The third-order valence-electron chi connectivity index (χ3n) is 4.02. The van der Waals surface area contributed by atoms with E-state index in [4.69, 9.17) is 0 Å². The van der Waals surface area contributed by atoms with Crippen LogP contribution in [0.2, 0.25) is 0 Å². The van der Waals surface area contributed by atoms with Crippen molar-refractivity contribution in [1.29, 1.82) is 0 Å². The fraction of sp³-hybridized carbons (Fsp3) is 0.619. The molecule has 0 rings (SSSR count). The number of hydrogen-bond donors (Lipinski definition) is 2. The van der Waals surface area contributed by atoms with Gasteiger partial charge in [0, 0.05) is 12.3 Å². The summed E-state index contributed by atoms with van der Waals surface area (Å²) in [7, 11) is 1.27. The van der Waals surface area contributed by atoms with Crippen LogP contribution in [0.3, 0.4) is 0 Å². The van der Waals surface area contributed by atoms with E-state index in [1.165, 1.54) is 7.11 Å². The molecular weight excluding hydrogens is 330 g/mol. The van der Waals surface area contributed by atoms with Gasteiger partial charge in [0.2, 0.25) is 5.91 Å². The van der Waals surface area contributed by atoms with Gasteiger partial charge in [-0.2, -0.15) is 0 Å². The number of aliphatic hydroxyl groups is 1. The van der Waals surface area contributed by atoms with Crippen LogP contribution in [0.25, 0.3) is 0 Å². The Labute approximate surface area is 158 Å². The van der Waals surface area contributed by atoms with Gasteiger partial charge in [0.15, 0.2) is 0 Å². The fourth-order valence-corrected chi connectivity index (χ4v) is 2.68. The van der Waals surface area contributed by atoms with Crippen molar-refractivity contribution in [2.45, 2.75) is 67.0 Å². The number of hydrogen-bond acceptors (Lipinski definition) is 4. The van der Waals surface area contributed by atoms with Crippen molar-refractivity contribution in [3.63, 3.8) is 0 Å². The maximum atomic E-state index is 12.0. The van der Waals surface area contributed by atoms with Crippen LogP contribution >= 0.6 is 0 Å². The van der Waals surface area contributed by atoms with Gasteiger partial charge in [0.05, 0.1) is 13.2 Å². The molecule has 0 fully saturated rings. The third kappa shape index (κ3) is 8.99. The molecule has 0 aromatic carbocycles. The molecule has 0 aromatic rings. The zero-order valence-electron chi connectivity index (χ0n) is 17.5. The average molecular weight is 366 g/mol. The first kappa shape index (κ1) is 24.1. The molecule has 0 aromatic heterocycles. The molecule has 0 radical (unpaired) electrons. The first-order chi connectivity index (χ1) is 11.8. The summed E-state index contributed by atoms with van der Waals surface area (Å²) in [5.41, 5.74) is 2.57. The van der Waals surface area contributed by atoms with Gasteiger partial charge in [-0.1, -0.05) is 57.6 Å². The van der Waals surface area contributed by atoms with E-state index in [2.05, 4.69) is 43.5 Å². The van der Waals surface area contributed by atoms with Crippen molar-refractivity contribution in [2.75, 3.05) is 7.11 Å². The second kappa shape index (κ2) is 10.3. The van der Waals surface area contributed by atoms with Crippen LogP contribution in [0.4, 0.5) is 0 Å². The normalized spacial score (nSPS) is 16.5. The number of carbonyl (C=O) groups excluding carboxylic acids is 2. The number of aliphatic hydroxyl groups excluding tert-OH is 1. The molecular formula is C21H35NO4. The van der Waals surface area contributed by atoms with E-state index in [1.54, 1.807) is 6.92 Å². The standard InChI is InChI=1S/C21H35NO4/c1-13(12-21(6,7)8)10-15(3)19(24)16(4)14(2)11-18(23)22-17(5)20(25)26-9/h10,12,16-17,19,24H,2,11H2,1,3-9H3,(H,22,23)/b13-12+,15-10+/t16-,17-,19-/m0/s1. The van der Waals surface area contributed by atoms with E-state index >= 15 is 0 Å². The van der Waals surface area contributed by atoms with Gasteiger partial charge in [-0.05, 0) is 31.8 Å². The van der Waals surface area contributed by atoms with Crippen molar-refractivity contribution >= 4 is 11.9 Å². The van der Waals surface area contributed by atoms with Gasteiger partial charge in [0.1, 0.15) is 6.04 Å². The molecule has 0 unspecified atom stereocenters. The number of carbonyl (C=O) groups is 2. The van der Waals surface area contributed by atoms with E-state index in [-0.39, 0.29) is 23.7 Å². The smallest absolute Gasteiger partial charge is 0.328 e. The van der Waals surface area contributed by atoms with Gasteiger partial charge in [-0.15, -0.1) is 0 Å². The van der Waals surface area contributed by atoms with Crippen molar-refractivity contribution < 1.29 is 19.4 Å². The lowest BCUT2D eigenvalue weighted by Gasteiger charge is -2.23. The predicted molar refractivity (Wildman–Crippen MR) is 106 cm³/mol. The van der Waals surface area contributed by atoms with Crippen molar-refractivity contribution in [3.05, 3.63) is 35.5 Å². The molecule has 0 saturated carbocycles. The number of methoxy groups -OCH3 is 1. The lowest BCUT2D eigenvalue weighted by atomic mass is 9.88. The van der Waals surface area contributed by atoms with Gasteiger partial charge < -0.3 is 15.2 Å². The molecule has 1 amide bonds. The third-order valence-corrected chi connectivity index (χ3v) is 4.02. The first-order valence-electron chi connectivity index (χ1n) is 8.89. The minimum absolute atomic E-state index is 0.0453. The van der Waals surface area contributed by atoms with E-state index in [0.717, 1.165) is 11.1 Å². The summed E-state index contributed by atoms with van der Waals surface area (Å²) in [6.45, 7) is 17.6. The minimum atomic E-state index is -0.725. The molecule has 0 aliphatic heterocycles. The Hall–Kier alpha value is -1.88. The molecule has 0 saturated heterocycles. The molecule has 0 bridgehead atoms. The Bertz CT molecular complexity index is 581. The highest BCUT2D eigenvalue weighted by Crippen LogP contribution is 2.24. The zero-order chi connectivity index (χ0) is 20.7. The summed E-state index contributed by atoms with van der Waals surface area (Å²) < 4.78 is 4.58. The first-order valence-corrected chi connectivity index (χ1v) is 8.89. The number of nitrogens with one attached hydrogen (secondary N) is 1. The number of amides is 1. The van der Waals surface area contributed by atoms with E-state index in [1.807, 2.05) is 26.8 Å². The van der Waals surface area contributed by atoms with Crippen molar-refractivity contribution in [2.24, 2.45) is 11.3 Å². The Balaban J connectivity index is 4.88. The van der Waals surface area contributed by atoms with E-state index in [0.29, 0.717) is 5.57 Å². The molecule has 2 N–H and O–H groups in total. The number of allylic oxidation sites excluding steroid dienone is 3. The Morgan fingerprint density at radius 1 is 1.23 bits per heavy atom. The number of esters is 1. The Kier molecular flexibility index (Phi) is 9.57. The molecule has 0 heterocycles. The predicted octanol–water partition coefficient (Wildman–Crippen LogP) is 3.55. The molecule has 3 atom stereocenters. The van der Waals surface area contributed by atoms with E-state index < -0.39 is 18.1 Å². The molecule has 0 aliphatic carbocycles. The molecule has 0 aliphatic rings. The molecule has 148 valence electrons. The summed E-state index contributed by atoms with van der Waals surface area (Å²) in [6.07, 6.45) is 3.42. The maximum Gasteiger partial charge on any atom is 0.328 e. The van der Waals surface area contributed by atoms with Crippen LogP contribution in [0.1, 0.15) is 54.9 Å². The second-order valence-electron chi connectivity index (χ2n) is 8.02. The summed E-state index contributed by atoms with van der Waals surface area (Å²) in [4.78, 5) is 23.4. The Morgan fingerprint density at radius 2 is 1.77 bits per heavy atom. The van der Waals surface area contributed by atoms with Gasteiger partial charge in [-0.3, -0.25) is 4.79 Å². The molecule has 0 spiro atoms. The van der Waals surface area contributed by atoms with Crippen LogP contribution in [-0.4, -0.2) is 36.2 Å². The number of ether oxygens (including phenoxy) is 1. The lowest BCUT2D eigenvalue weighted by Crippen LogP contribution is -2.39. The van der Waals surface area contributed by atoms with Crippen LogP contribution < -0.4 is 5.32 Å². The average Bonchev–Trinajstić information content (AvgIpc) is 2.49. The highest BCUT2D eigenvalue weighted by atomic mass is 16.5. The van der Waals surface area contributed by atoms with Gasteiger partial charge >= 0.3 is 5.97 Å². The highest BCUT2D eigenvalue weighted by molar-refractivity contribution is 5.85. The van der Waals surface area contributed by atoms with Crippen molar-refractivity contribution in [1.82, 2.24) is 5.32 Å². The van der Waals surface area contributed by atoms with Crippen LogP contribution in [0.5, 0.6) is 0 Å². The van der Waals surface area contributed by atoms with Crippen LogP contribution in [0, 0.1) is 11.3 Å². The largest absolute Gasteiger partial charge is 0.467 e. The quantitative estimate of drug-likeness (QED) is 0.392. The minimum Gasteiger partial charge on any atom is -0.467 e. The van der Waals surface area contributed by atoms with Gasteiger partial charge in [0.25, 0.3) is 0 Å². The van der Waals surface area contributed by atoms with Crippen molar-refractivity contribution in [3.8, 4) is 0 Å². The Morgan fingerprint density at radius 3 is 2.23 bits per heavy atom. The molecule has 26 heavy (non-hydrogen) atoms. The van der Waals surface area contributed by atoms with Crippen LogP contribution in [-0.2, 0) is 14.3 Å². The van der Waals surface area contributed by atoms with Gasteiger partial charge in [-0.25, -0.2) is 4.79 Å². The topological polar surface area (TPSA) is 75.6 Å². The second-order valence-corrected chi connectivity index (χ2v) is 8.02. The monoisotopic (exact) mass is 365 g/mol. The summed E-state index contributed by atoms with van der Waals surface area (Å²) >= 11 is 0. The maximum absolute atomic E-state index is 12.0. The van der Waals surface area contributed by atoms with E-state index in [9.17, 15) is 14.7 Å². The number of rotatable bonds is 8. The fourth-order valence-electron chi connectivity index (χ4n) is 2.68. The highest BCUT2D eigenvalue weighted by Gasteiger charge is 2.22. The molecule has 5 nitrogen and oxygen atoms in total. The van der Waals surface area contributed by atoms with Crippen LogP contribution in [0.15, 0.2) is 35.5 Å².